The lowest BCUT2D eigenvalue weighted by atomic mass is 10.2. The Morgan fingerprint density at radius 2 is 2.05 bits per heavy atom. The lowest BCUT2D eigenvalue weighted by molar-refractivity contribution is -0.387. The molecule has 1 saturated carbocycles. The molecule has 1 aromatic carbocycles. The van der Waals surface area contributed by atoms with Crippen LogP contribution in [0, 0.1) is 15.5 Å². The minimum atomic E-state index is -3.87. The Balaban J connectivity index is 2.32. The molecular formula is C12H17N3O4S. The number of nitrogens with zero attached hydrogens (tertiary/aromatic N) is 1. The Kier molecular flexibility index (Phi) is 3.70. The molecule has 0 spiro atoms. The molecule has 7 nitrogen and oxygen atoms in total. The molecular weight excluding hydrogens is 282 g/mol. The fourth-order valence-electron chi connectivity index (χ4n) is 1.78. The summed E-state index contributed by atoms with van der Waals surface area (Å²) in [6.07, 6.45) is 1.94. The zero-order valence-electron chi connectivity index (χ0n) is 11.3. The van der Waals surface area contributed by atoms with Gasteiger partial charge < -0.3 is 5.32 Å². The highest BCUT2D eigenvalue weighted by atomic mass is 32.2. The first-order valence-electron chi connectivity index (χ1n) is 6.23. The zero-order chi connectivity index (χ0) is 15.0. The number of nitro benzene ring substituents is 1. The van der Waals surface area contributed by atoms with Crippen molar-refractivity contribution in [2.75, 3.05) is 18.9 Å². The van der Waals surface area contributed by atoms with Gasteiger partial charge in [-0.3, -0.25) is 10.1 Å². The van der Waals surface area contributed by atoms with Crippen LogP contribution in [0.25, 0.3) is 0 Å². The van der Waals surface area contributed by atoms with Crippen LogP contribution in [-0.4, -0.2) is 26.9 Å². The van der Waals surface area contributed by atoms with E-state index in [0.29, 0.717) is 12.2 Å². The highest BCUT2D eigenvalue weighted by Crippen LogP contribution is 2.44. The van der Waals surface area contributed by atoms with Gasteiger partial charge in [0.2, 0.25) is 10.0 Å². The van der Waals surface area contributed by atoms with Crippen molar-refractivity contribution in [1.82, 2.24) is 4.72 Å². The SMILES string of the molecule is CNc1ccc(S(=O)(=O)NCC2(C)CC2)c([N+](=O)[O-])c1. The molecule has 0 atom stereocenters. The zero-order valence-corrected chi connectivity index (χ0v) is 12.2. The summed E-state index contributed by atoms with van der Waals surface area (Å²) >= 11 is 0. The summed E-state index contributed by atoms with van der Waals surface area (Å²) in [7, 11) is -2.26. The van der Waals surface area contributed by atoms with Crippen LogP contribution in [0.1, 0.15) is 19.8 Å². The van der Waals surface area contributed by atoms with Crippen molar-refractivity contribution < 1.29 is 13.3 Å². The molecule has 2 rings (SSSR count). The molecule has 0 heterocycles. The molecule has 0 amide bonds. The van der Waals surface area contributed by atoms with Crippen molar-refractivity contribution >= 4 is 21.4 Å². The van der Waals surface area contributed by atoms with Crippen LogP contribution in [-0.2, 0) is 10.0 Å². The molecule has 1 aliphatic carbocycles. The molecule has 0 saturated heterocycles. The molecule has 0 radical (unpaired) electrons. The number of rotatable bonds is 6. The second-order valence-electron chi connectivity index (χ2n) is 5.32. The average Bonchev–Trinajstić information content (AvgIpc) is 3.14. The molecule has 1 aromatic rings. The monoisotopic (exact) mass is 299 g/mol. The number of nitro groups is 1. The smallest absolute Gasteiger partial charge is 0.291 e. The van der Waals surface area contributed by atoms with Crippen molar-refractivity contribution in [2.45, 2.75) is 24.7 Å². The van der Waals surface area contributed by atoms with Gasteiger partial charge >= 0.3 is 0 Å². The maximum atomic E-state index is 12.2. The lowest BCUT2D eigenvalue weighted by Gasteiger charge is -2.11. The van der Waals surface area contributed by atoms with Gasteiger partial charge in [0.1, 0.15) is 0 Å². The number of hydrogen-bond acceptors (Lipinski definition) is 5. The Bertz CT molecular complexity index is 638. The van der Waals surface area contributed by atoms with Crippen LogP contribution in [0.15, 0.2) is 23.1 Å². The van der Waals surface area contributed by atoms with Gasteiger partial charge in [0.15, 0.2) is 4.90 Å². The van der Waals surface area contributed by atoms with Crippen molar-refractivity contribution in [3.8, 4) is 0 Å². The number of sulfonamides is 1. The second kappa shape index (κ2) is 5.02. The topological polar surface area (TPSA) is 101 Å². The third kappa shape index (κ3) is 3.07. The van der Waals surface area contributed by atoms with Crippen LogP contribution in [0.2, 0.25) is 0 Å². The van der Waals surface area contributed by atoms with E-state index in [1.165, 1.54) is 18.2 Å². The Morgan fingerprint density at radius 3 is 2.55 bits per heavy atom. The molecule has 0 unspecified atom stereocenters. The molecule has 0 aromatic heterocycles. The van der Waals surface area contributed by atoms with E-state index in [-0.39, 0.29) is 10.3 Å². The molecule has 8 heteroatoms. The van der Waals surface area contributed by atoms with Gasteiger partial charge in [-0.15, -0.1) is 0 Å². The van der Waals surface area contributed by atoms with Crippen LogP contribution in [0.4, 0.5) is 11.4 Å². The van der Waals surface area contributed by atoms with Gasteiger partial charge in [-0.1, -0.05) is 6.92 Å². The summed E-state index contributed by atoms with van der Waals surface area (Å²) in [6, 6.07) is 3.97. The van der Waals surface area contributed by atoms with Gasteiger partial charge in [-0.2, -0.15) is 0 Å². The van der Waals surface area contributed by atoms with Gasteiger partial charge in [-0.25, -0.2) is 13.1 Å². The van der Waals surface area contributed by atoms with E-state index in [9.17, 15) is 18.5 Å². The van der Waals surface area contributed by atoms with Crippen LogP contribution in [0.3, 0.4) is 0 Å². The fourth-order valence-corrected chi connectivity index (χ4v) is 3.13. The van der Waals surface area contributed by atoms with E-state index >= 15 is 0 Å². The summed E-state index contributed by atoms with van der Waals surface area (Å²) in [6.45, 7) is 2.29. The Labute approximate surface area is 117 Å². The van der Waals surface area contributed by atoms with Crippen molar-refractivity contribution in [1.29, 1.82) is 0 Å². The molecule has 1 aliphatic rings. The third-order valence-corrected chi connectivity index (χ3v) is 4.97. The Morgan fingerprint density at radius 1 is 1.40 bits per heavy atom. The number of anilines is 1. The normalized spacial score (nSPS) is 16.7. The van der Waals surface area contributed by atoms with Gasteiger partial charge in [-0.05, 0) is 30.4 Å². The highest BCUT2D eigenvalue weighted by Gasteiger charge is 2.38. The van der Waals surface area contributed by atoms with Crippen molar-refractivity contribution in [3.05, 3.63) is 28.3 Å². The number of hydrogen-bond donors (Lipinski definition) is 2. The maximum absolute atomic E-state index is 12.2. The molecule has 110 valence electrons. The summed E-state index contributed by atoms with van der Waals surface area (Å²) in [4.78, 5) is 10.0. The van der Waals surface area contributed by atoms with Crippen LogP contribution < -0.4 is 10.0 Å². The average molecular weight is 299 g/mol. The molecule has 1 fully saturated rings. The summed E-state index contributed by atoms with van der Waals surface area (Å²) in [5.41, 5.74) is 0.0577. The van der Waals surface area contributed by atoms with E-state index in [4.69, 9.17) is 0 Å². The highest BCUT2D eigenvalue weighted by molar-refractivity contribution is 7.89. The largest absolute Gasteiger partial charge is 0.388 e. The lowest BCUT2D eigenvalue weighted by Crippen LogP contribution is -2.29. The van der Waals surface area contributed by atoms with Gasteiger partial charge in [0, 0.05) is 25.3 Å². The first kappa shape index (κ1) is 14.7. The molecule has 2 N–H and O–H groups in total. The van der Waals surface area contributed by atoms with E-state index in [0.717, 1.165) is 12.8 Å². The fraction of sp³-hybridized carbons (Fsp3) is 0.500. The standard InChI is InChI=1S/C12H17N3O4S/c1-12(5-6-12)8-14-20(18,19)11-4-3-9(13-2)7-10(11)15(16)17/h3-4,7,13-14H,5-6,8H2,1-2H3. The molecule has 0 aliphatic heterocycles. The van der Waals surface area contributed by atoms with E-state index < -0.39 is 20.6 Å². The number of benzene rings is 1. The van der Waals surface area contributed by atoms with E-state index in [1.54, 1.807) is 7.05 Å². The summed E-state index contributed by atoms with van der Waals surface area (Å²) in [5, 5.41) is 13.8. The van der Waals surface area contributed by atoms with Gasteiger partial charge in [0.25, 0.3) is 5.69 Å². The predicted octanol–water partition coefficient (Wildman–Crippen LogP) is 1.71. The quantitative estimate of drug-likeness (QED) is 0.615. The first-order chi connectivity index (χ1) is 9.27. The Hall–Kier alpha value is -1.67. The van der Waals surface area contributed by atoms with Crippen LogP contribution in [0.5, 0.6) is 0 Å². The van der Waals surface area contributed by atoms with Crippen LogP contribution >= 0.6 is 0 Å². The predicted molar refractivity (Wildman–Crippen MR) is 75.2 cm³/mol. The molecule has 20 heavy (non-hydrogen) atoms. The molecule has 0 bridgehead atoms. The number of nitrogens with one attached hydrogen (secondary N) is 2. The summed E-state index contributed by atoms with van der Waals surface area (Å²) in [5.74, 6) is 0. The maximum Gasteiger partial charge on any atom is 0.291 e. The second-order valence-corrected chi connectivity index (χ2v) is 7.06. The van der Waals surface area contributed by atoms with E-state index in [2.05, 4.69) is 10.0 Å². The van der Waals surface area contributed by atoms with Crippen molar-refractivity contribution in [2.24, 2.45) is 5.41 Å². The third-order valence-electron chi connectivity index (χ3n) is 3.53. The minimum absolute atomic E-state index is 0.00718. The van der Waals surface area contributed by atoms with Gasteiger partial charge in [0.05, 0.1) is 4.92 Å². The van der Waals surface area contributed by atoms with E-state index in [1.807, 2.05) is 6.92 Å². The first-order valence-corrected chi connectivity index (χ1v) is 7.72. The minimum Gasteiger partial charge on any atom is -0.388 e. The van der Waals surface area contributed by atoms with Crippen molar-refractivity contribution in [3.63, 3.8) is 0 Å². The summed E-state index contributed by atoms with van der Waals surface area (Å²) < 4.78 is 26.8.